The molecule has 0 bridgehead atoms. The number of nitrogens with zero attached hydrogens (tertiary/aromatic N) is 2. The average Bonchev–Trinajstić information content (AvgIpc) is 2.29. The summed E-state index contributed by atoms with van der Waals surface area (Å²) >= 11 is 0. The quantitative estimate of drug-likeness (QED) is 0.498. The summed E-state index contributed by atoms with van der Waals surface area (Å²) in [4.78, 5) is 24.9. The van der Waals surface area contributed by atoms with Crippen molar-refractivity contribution in [2.75, 3.05) is 5.43 Å². The van der Waals surface area contributed by atoms with E-state index in [0.29, 0.717) is 5.82 Å². The monoisotopic (exact) mass is 237 g/mol. The van der Waals surface area contributed by atoms with Crippen molar-refractivity contribution in [3.05, 3.63) is 24.4 Å². The highest BCUT2D eigenvalue weighted by molar-refractivity contribution is 6.35. The maximum Gasteiger partial charge on any atom is 0.352 e. The zero-order valence-electron chi connectivity index (χ0n) is 8.83. The number of anilines is 1. The molecule has 7 nitrogen and oxygen atoms in total. The van der Waals surface area contributed by atoms with E-state index < -0.39 is 11.9 Å². The number of carboxylic acid groups (broad SMARTS) is 2. The highest BCUT2D eigenvalue weighted by Gasteiger charge is 2.11. The molecule has 0 spiro atoms. The number of hydrogen-bond donors (Lipinski definition) is 3. The lowest BCUT2D eigenvalue weighted by Crippen LogP contribution is -2.16. The van der Waals surface area contributed by atoms with E-state index in [1.165, 1.54) is 6.20 Å². The molecule has 1 aromatic rings. The predicted octanol–water partition coefficient (Wildman–Crippen LogP) is 0.799. The maximum absolute atomic E-state index is 10.7. The molecule has 1 aromatic heterocycles. The van der Waals surface area contributed by atoms with Gasteiger partial charge in [-0.15, -0.1) is 0 Å². The normalized spacial score (nSPS) is 10.9. The molecule has 17 heavy (non-hydrogen) atoms. The fraction of sp³-hybridized carbons (Fsp3) is 0.200. The first kappa shape index (κ1) is 12.6. The Morgan fingerprint density at radius 2 is 2.06 bits per heavy atom. The van der Waals surface area contributed by atoms with Crippen LogP contribution in [0.3, 0.4) is 0 Å². The van der Waals surface area contributed by atoms with Crippen molar-refractivity contribution in [1.82, 2.24) is 4.98 Å². The van der Waals surface area contributed by atoms with Gasteiger partial charge < -0.3 is 10.2 Å². The molecular formula is C10H11N3O4. The molecule has 0 amide bonds. The Bertz CT molecular complexity index is 430. The Morgan fingerprint density at radius 1 is 1.29 bits per heavy atom. The van der Waals surface area contributed by atoms with Crippen LogP contribution >= 0.6 is 0 Å². The van der Waals surface area contributed by atoms with Crippen LogP contribution in [0, 0.1) is 0 Å². The molecule has 0 radical (unpaired) electrons. The maximum atomic E-state index is 10.7. The molecule has 0 aliphatic rings. The third-order valence-electron chi connectivity index (χ3n) is 1.79. The van der Waals surface area contributed by atoms with Crippen LogP contribution in [-0.4, -0.2) is 32.8 Å². The number of aromatic nitrogens is 1. The SMILES string of the molecule is O=C(O)CC/C(=N/Nc1ccccn1)C(=O)O. The Balaban J connectivity index is 2.64. The Labute approximate surface area is 96.8 Å². The van der Waals surface area contributed by atoms with Crippen molar-refractivity contribution >= 4 is 23.5 Å². The first-order valence-electron chi connectivity index (χ1n) is 4.78. The lowest BCUT2D eigenvalue weighted by atomic mass is 10.2. The minimum atomic E-state index is -1.25. The van der Waals surface area contributed by atoms with Crippen molar-refractivity contribution in [3.63, 3.8) is 0 Å². The second kappa shape index (κ2) is 6.21. The summed E-state index contributed by atoms with van der Waals surface area (Å²) in [6.45, 7) is 0. The van der Waals surface area contributed by atoms with Gasteiger partial charge in [0, 0.05) is 12.6 Å². The lowest BCUT2D eigenvalue weighted by Gasteiger charge is -2.01. The lowest BCUT2D eigenvalue weighted by molar-refractivity contribution is -0.136. The van der Waals surface area contributed by atoms with Gasteiger partial charge in [-0.05, 0) is 12.1 Å². The van der Waals surface area contributed by atoms with E-state index >= 15 is 0 Å². The Kier molecular flexibility index (Phi) is 4.61. The second-order valence-electron chi connectivity index (χ2n) is 3.08. The van der Waals surface area contributed by atoms with Crippen LogP contribution in [-0.2, 0) is 9.59 Å². The van der Waals surface area contributed by atoms with Gasteiger partial charge in [-0.2, -0.15) is 5.10 Å². The third kappa shape index (κ3) is 4.74. The van der Waals surface area contributed by atoms with Gasteiger partial charge in [-0.1, -0.05) is 6.07 Å². The van der Waals surface area contributed by atoms with E-state index in [-0.39, 0.29) is 18.6 Å². The molecule has 0 aliphatic heterocycles. The van der Waals surface area contributed by atoms with E-state index in [0.717, 1.165) is 0 Å². The Hall–Kier alpha value is -2.44. The summed E-state index contributed by atoms with van der Waals surface area (Å²) in [5.74, 6) is -1.94. The summed E-state index contributed by atoms with van der Waals surface area (Å²) in [7, 11) is 0. The largest absolute Gasteiger partial charge is 0.481 e. The van der Waals surface area contributed by atoms with Crippen LogP contribution in [0.4, 0.5) is 5.82 Å². The van der Waals surface area contributed by atoms with E-state index in [1.807, 2.05) is 0 Å². The third-order valence-corrected chi connectivity index (χ3v) is 1.79. The Morgan fingerprint density at radius 3 is 2.59 bits per heavy atom. The van der Waals surface area contributed by atoms with Crippen molar-refractivity contribution < 1.29 is 19.8 Å². The fourth-order valence-electron chi connectivity index (χ4n) is 0.990. The first-order chi connectivity index (χ1) is 8.09. The fourth-order valence-corrected chi connectivity index (χ4v) is 0.990. The average molecular weight is 237 g/mol. The van der Waals surface area contributed by atoms with Gasteiger partial charge in [-0.25, -0.2) is 9.78 Å². The predicted molar refractivity (Wildman–Crippen MR) is 59.8 cm³/mol. The molecule has 0 saturated carbocycles. The van der Waals surface area contributed by atoms with Crippen LogP contribution in [0.25, 0.3) is 0 Å². The molecule has 0 atom stereocenters. The summed E-state index contributed by atoms with van der Waals surface area (Å²) < 4.78 is 0. The van der Waals surface area contributed by atoms with E-state index in [2.05, 4.69) is 15.5 Å². The zero-order chi connectivity index (χ0) is 12.7. The van der Waals surface area contributed by atoms with E-state index in [1.54, 1.807) is 18.2 Å². The van der Waals surface area contributed by atoms with Gasteiger partial charge in [0.05, 0.1) is 6.42 Å². The van der Waals surface area contributed by atoms with Crippen molar-refractivity contribution in [3.8, 4) is 0 Å². The van der Waals surface area contributed by atoms with Crippen LogP contribution in [0.15, 0.2) is 29.5 Å². The molecule has 7 heteroatoms. The summed E-state index contributed by atoms with van der Waals surface area (Å²) in [6.07, 6.45) is 1.09. The second-order valence-corrected chi connectivity index (χ2v) is 3.08. The van der Waals surface area contributed by atoms with Crippen molar-refractivity contribution in [2.45, 2.75) is 12.8 Å². The van der Waals surface area contributed by atoms with Gasteiger partial charge in [0.2, 0.25) is 0 Å². The molecule has 1 rings (SSSR count). The molecular weight excluding hydrogens is 226 g/mol. The van der Waals surface area contributed by atoms with Crippen molar-refractivity contribution in [1.29, 1.82) is 0 Å². The molecule has 0 fully saturated rings. The van der Waals surface area contributed by atoms with Gasteiger partial charge in [0.25, 0.3) is 0 Å². The molecule has 0 aromatic carbocycles. The number of hydrazone groups is 1. The highest BCUT2D eigenvalue weighted by Crippen LogP contribution is 2.01. The number of rotatable bonds is 6. The zero-order valence-corrected chi connectivity index (χ0v) is 8.83. The standard InChI is InChI=1S/C10H11N3O4/c14-9(15)5-4-7(10(16)17)12-13-8-3-1-2-6-11-8/h1-3,6H,4-5H2,(H,11,13)(H,14,15)(H,16,17)/b12-7-. The molecule has 1 heterocycles. The molecule has 0 unspecified atom stereocenters. The number of carbonyl (C=O) groups is 2. The van der Waals surface area contributed by atoms with Gasteiger partial charge in [0.15, 0.2) is 0 Å². The summed E-state index contributed by atoms with van der Waals surface area (Å²) in [6, 6.07) is 5.03. The summed E-state index contributed by atoms with van der Waals surface area (Å²) in [5.41, 5.74) is 2.20. The smallest absolute Gasteiger partial charge is 0.352 e. The number of aliphatic carboxylic acids is 2. The minimum absolute atomic E-state index is 0.148. The minimum Gasteiger partial charge on any atom is -0.481 e. The van der Waals surface area contributed by atoms with E-state index in [9.17, 15) is 9.59 Å². The number of nitrogens with one attached hydrogen (secondary N) is 1. The van der Waals surface area contributed by atoms with Crippen molar-refractivity contribution in [2.24, 2.45) is 5.10 Å². The van der Waals surface area contributed by atoms with Crippen LogP contribution < -0.4 is 5.43 Å². The van der Waals surface area contributed by atoms with Gasteiger partial charge in [-0.3, -0.25) is 10.2 Å². The molecule has 0 saturated heterocycles. The molecule has 3 N–H and O–H groups in total. The van der Waals surface area contributed by atoms with Gasteiger partial charge in [0.1, 0.15) is 11.5 Å². The van der Waals surface area contributed by atoms with Gasteiger partial charge >= 0.3 is 11.9 Å². The van der Waals surface area contributed by atoms with Crippen LogP contribution in [0.1, 0.15) is 12.8 Å². The molecule has 90 valence electrons. The topological polar surface area (TPSA) is 112 Å². The molecule has 0 aliphatic carbocycles. The first-order valence-corrected chi connectivity index (χ1v) is 4.78. The highest BCUT2D eigenvalue weighted by atomic mass is 16.4. The summed E-state index contributed by atoms with van der Waals surface area (Å²) in [5, 5.41) is 20.8. The van der Waals surface area contributed by atoms with E-state index in [4.69, 9.17) is 10.2 Å². The van der Waals surface area contributed by atoms with Crippen LogP contribution in [0.5, 0.6) is 0 Å². The number of hydrogen-bond acceptors (Lipinski definition) is 5. The van der Waals surface area contributed by atoms with Crippen LogP contribution in [0.2, 0.25) is 0 Å². The number of carboxylic acids is 2. The number of pyridine rings is 1.